The second-order valence-corrected chi connectivity index (χ2v) is 14.0. The SMILES string of the molecule is COC(=O)N[C@@H](CON(C)[C@@H](C)c1ncc(-c2ccc(-c3ncc(-c4cnc([C@@H]5CCCN5C(=O)[C@H](NC(=O)OC)c5ccccc5)[nH]4)cn3)cc2)[nH]1)c1ccccc1. The molecule has 4 N–H and O–H groups in total. The summed E-state index contributed by atoms with van der Waals surface area (Å²) in [4.78, 5) is 71.2. The van der Waals surface area contributed by atoms with Crippen LogP contribution in [0.25, 0.3) is 33.9 Å². The highest BCUT2D eigenvalue weighted by atomic mass is 16.7. The number of aromatic nitrogens is 6. The number of ether oxygens (including phenoxy) is 2. The van der Waals surface area contributed by atoms with Gasteiger partial charge in [-0.2, -0.15) is 5.06 Å². The van der Waals surface area contributed by atoms with Crippen molar-refractivity contribution in [1.82, 2.24) is 50.5 Å². The third-order valence-corrected chi connectivity index (χ3v) is 10.4. The summed E-state index contributed by atoms with van der Waals surface area (Å²) in [5, 5.41) is 7.22. The second kappa shape index (κ2) is 18.6. The molecule has 7 rings (SSSR count). The standard InChI is InChI=1S/C43H46N10O6/c1-27(52(2)59-26-35(50-42(55)57-3)28-12-7-5-8-13-28)38-46-24-33(48-38)29-17-19-31(20-18-29)39-44-22-32(23-45-39)34-25-47-40(49-34)36-16-11-21-53(36)41(54)37(51-43(56)58-4)30-14-9-6-10-15-30/h5-10,12-15,17-20,22-25,27,35-37H,11,16,21,26H2,1-4H3,(H,46,48)(H,47,49)(H,50,55)(H,51,56)/t27-,35-,36-,37+/m0/s1. The fourth-order valence-corrected chi connectivity index (χ4v) is 6.94. The number of hydrogen-bond donors (Lipinski definition) is 4. The molecule has 1 fully saturated rings. The zero-order chi connectivity index (χ0) is 41.3. The Morgan fingerprint density at radius 1 is 0.763 bits per heavy atom. The van der Waals surface area contributed by atoms with Gasteiger partial charge in [0.25, 0.3) is 5.91 Å². The maximum Gasteiger partial charge on any atom is 0.407 e. The van der Waals surface area contributed by atoms with E-state index < -0.39 is 24.3 Å². The Hall–Kier alpha value is -6.91. The molecule has 3 aromatic carbocycles. The number of hydroxylamine groups is 2. The number of H-pyrrole nitrogens is 2. The van der Waals surface area contributed by atoms with E-state index in [9.17, 15) is 14.4 Å². The van der Waals surface area contributed by atoms with Gasteiger partial charge in [-0.1, -0.05) is 84.9 Å². The van der Waals surface area contributed by atoms with E-state index in [1.54, 1.807) is 46.9 Å². The van der Waals surface area contributed by atoms with Gasteiger partial charge in [-0.3, -0.25) is 9.63 Å². The molecular formula is C43H46N10O6. The predicted octanol–water partition coefficient (Wildman–Crippen LogP) is 6.71. The van der Waals surface area contributed by atoms with Crippen LogP contribution in [0.2, 0.25) is 0 Å². The van der Waals surface area contributed by atoms with Crippen molar-refractivity contribution in [3.05, 3.63) is 132 Å². The van der Waals surface area contributed by atoms with Gasteiger partial charge in [0.05, 0.1) is 62.7 Å². The lowest BCUT2D eigenvalue weighted by Crippen LogP contribution is -2.42. The first-order valence-corrected chi connectivity index (χ1v) is 19.2. The van der Waals surface area contributed by atoms with Crippen molar-refractivity contribution in [2.45, 2.75) is 43.9 Å². The van der Waals surface area contributed by atoms with Gasteiger partial charge in [0, 0.05) is 37.1 Å². The number of rotatable bonds is 14. The van der Waals surface area contributed by atoms with Crippen LogP contribution in [0.3, 0.4) is 0 Å². The highest BCUT2D eigenvalue weighted by molar-refractivity contribution is 5.87. The van der Waals surface area contributed by atoms with Gasteiger partial charge in [-0.05, 0) is 36.5 Å². The number of benzene rings is 3. The molecule has 4 heterocycles. The number of hydrogen-bond acceptors (Lipinski definition) is 11. The molecule has 59 heavy (non-hydrogen) atoms. The van der Waals surface area contributed by atoms with Crippen LogP contribution in [-0.4, -0.2) is 92.4 Å². The van der Waals surface area contributed by atoms with Crippen LogP contribution >= 0.6 is 0 Å². The molecular weight excluding hydrogens is 753 g/mol. The average Bonchev–Trinajstić information content (AvgIpc) is 4.09. The number of carbonyl (C=O) groups is 3. The van der Waals surface area contributed by atoms with Crippen molar-refractivity contribution in [3.8, 4) is 33.9 Å². The number of alkyl carbamates (subject to hydrolysis) is 2. The lowest BCUT2D eigenvalue weighted by atomic mass is 10.1. The fourth-order valence-electron chi connectivity index (χ4n) is 6.94. The molecule has 1 saturated heterocycles. The predicted molar refractivity (Wildman–Crippen MR) is 218 cm³/mol. The lowest BCUT2D eigenvalue weighted by Gasteiger charge is -2.28. The third-order valence-electron chi connectivity index (χ3n) is 10.4. The lowest BCUT2D eigenvalue weighted by molar-refractivity contribution is -0.172. The van der Waals surface area contributed by atoms with E-state index in [2.05, 4.69) is 40.5 Å². The number of nitrogens with one attached hydrogen (secondary N) is 4. The molecule has 304 valence electrons. The molecule has 3 amide bonds. The molecule has 0 radical (unpaired) electrons. The minimum atomic E-state index is -0.897. The summed E-state index contributed by atoms with van der Waals surface area (Å²) in [5.41, 5.74) is 5.65. The van der Waals surface area contributed by atoms with Crippen molar-refractivity contribution in [2.75, 3.05) is 34.4 Å². The van der Waals surface area contributed by atoms with Crippen LogP contribution in [0.15, 0.2) is 110 Å². The van der Waals surface area contributed by atoms with Gasteiger partial charge in [-0.15, -0.1) is 0 Å². The summed E-state index contributed by atoms with van der Waals surface area (Å²) in [7, 11) is 4.42. The summed E-state index contributed by atoms with van der Waals surface area (Å²) < 4.78 is 9.62. The summed E-state index contributed by atoms with van der Waals surface area (Å²) in [6.07, 6.45) is 7.28. The molecule has 0 saturated carbocycles. The summed E-state index contributed by atoms with van der Waals surface area (Å²) in [5.74, 6) is 1.69. The summed E-state index contributed by atoms with van der Waals surface area (Å²) >= 11 is 0. The number of carbonyl (C=O) groups excluding carboxylic acids is 3. The topological polar surface area (TPSA) is 193 Å². The van der Waals surface area contributed by atoms with E-state index in [4.69, 9.17) is 14.3 Å². The average molecular weight is 799 g/mol. The molecule has 0 unspecified atom stereocenters. The first-order chi connectivity index (χ1) is 28.7. The molecule has 1 aliphatic rings. The first kappa shape index (κ1) is 40.3. The molecule has 4 atom stereocenters. The van der Waals surface area contributed by atoms with Crippen LogP contribution in [0.5, 0.6) is 0 Å². The van der Waals surface area contributed by atoms with E-state index in [0.29, 0.717) is 29.6 Å². The molecule has 3 aromatic heterocycles. The molecule has 0 aliphatic carbocycles. The van der Waals surface area contributed by atoms with Crippen LogP contribution in [0.1, 0.15) is 66.7 Å². The van der Waals surface area contributed by atoms with E-state index in [1.165, 1.54) is 14.2 Å². The number of imidazole rings is 2. The Labute approximate surface area is 341 Å². The number of nitrogens with zero attached hydrogens (tertiary/aromatic N) is 6. The van der Waals surface area contributed by atoms with Crippen LogP contribution in [0.4, 0.5) is 9.59 Å². The van der Waals surface area contributed by atoms with Crippen LogP contribution in [-0.2, 0) is 19.1 Å². The van der Waals surface area contributed by atoms with Crippen molar-refractivity contribution < 1.29 is 28.7 Å². The van der Waals surface area contributed by atoms with E-state index in [-0.39, 0.29) is 24.6 Å². The van der Waals surface area contributed by atoms with Crippen molar-refractivity contribution in [2.24, 2.45) is 0 Å². The highest BCUT2D eigenvalue weighted by Crippen LogP contribution is 2.34. The van der Waals surface area contributed by atoms with Gasteiger partial charge < -0.3 is 35.0 Å². The Balaban J connectivity index is 0.971. The van der Waals surface area contributed by atoms with E-state index >= 15 is 0 Å². The fraction of sp³-hybridized carbons (Fsp3) is 0.279. The number of amides is 3. The van der Waals surface area contributed by atoms with E-state index in [1.807, 2.05) is 86.8 Å². The van der Waals surface area contributed by atoms with Gasteiger partial charge in [0.15, 0.2) is 5.82 Å². The number of methoxy groups -OCH3 is 2. The van der Waals surface area contributed by atoms with Crippen molar-refractivity contribution in [1.29, 1.82) is 0 Å². The first-order valence-electron chi connectivity index (χ1n) is 19.2. The molecule has 16 nitrogen and oxygen atoms in total. The highest BCUT2D eigenvalue weighted by Gasteiger charge is 2.37. The maximum absolute atomic E-state index is 13.9. The Bertz CT molecular complexity index is 2320. The smallest absolute Gasteiger partial charge is 0.407 e. The van der Waals surface area contributed by atoms with Gasteiger partial charge in [0.2, 0.25) is 0 Å². The molecule has 1 aliphatic heterocycles. The van der Waals surface area contributed by atoms with Crippen LogP contribution in [0, 0.1) is 0 Å². The van der Waals surface area contributed by atoms with E-state index in [0.717, 1.165) is 46.5 Å². The molecule has 6 aromatic rings. The molecule has 16 heteroatoms. The van der Waals surface area contributed by atoms with Gasteiger partial charge in [0.1, 0.15) is 17.7 Å². The monoisotopic (exact) mass is 798 g/mol. The summed E-state index contributed by atoms with van der Waals surface area (Å²) in [6.45, 7) is 2.70. The van der Waals surface area contributed by atoms with Crippen molar-refractivity contribution in [3.63, 3.8) is 0 Å². The number of likely N-dealkylation sites (tertiary alicyclic amines) is 1. The third kappa shape index (κ3) is 9.46. The van der Waals surface area contributed by atoms with Crippen LogP contribution < -0.4 is 10.6 Å². The Morgan fingerprint density at radius 2 is 1.37 bits per heavy atom. The largest absolute Gasteiger partial charge is 0.453 e. The summed E-state index contributed by atoms with van der Waals surface area (Å²) in [6, 6.07) is 24.7. The Morgan fingerprint density at radius 3 is 2.05 bits per heavy atom. The maximum atomic E-state index is 13.9. The van der Waals surface area contributed by atoms with Gasteiger partial charge >= 0.3 is 12.2 Å². The minimum Gasteiger partial charge on any atom is -0.453 e. The Kier molecular flexibility index (Phi) is 12.7. The van der Waals surface area contributed by atoms with Gasteiger partial charge in [-0.25, -0.2) is 29.5 Å². The second-order valence-electron chi connectivity index (χ2n) is 14.0. The molecule has 0 spiro atoms. The number of aromatic amines is 2. The quantitative estimate of drug-likeness (QED) is 0.0857. The van der Waals surface area contributed by atoms with Crippen molar-refractivity contribution >= 4 is 18.1 Å². The zero-order valence-electron chi connectivity index (χ0n) is 33.2. The molecule has 0 bridgehead atoms. The minimum absolute atomic E-state index is 0.192. The zero-order valence-corrected chi connectivity index (χ0v) is 33.2. The normalized spacial score (nSPS) is 15.3.